The Balaban J connectivity index is 1.12. The van der Waals surface area contributed by atoms with Crippen LogP contribution in [0.25, 0.3) is 0 Å². The molecular weight excluding hydrogens is 417 g/mol. The average molecular weight is 450 g/mol. The smallest absolute Gasteiger partial charge is 0.251 e. The zero-order valence-corrected chi connectivity index (χ0v) is 19.0. The van der Waals surface area contributed by atoms with Crippen molar-refractivity contribution in [3.63, 3.8) is 0 Å². The van der Waals surface area contributed by atoms with E-state index < -0.39 is 5.41 Å². The molecule has 2 saturated heterocycles. The highest BCUT2D eigenvalue weighted by molar-refractivity contribution is 5.94. The number of hydrogen-bond donors (Lipinski definition) is 2. The normalized spacial score (nSPS) is 22.7. The van der Waals surface area contributed by atoms with Crippen LogP contribution in [0.15, 0.2) is 48.5 Å². The van der Waals surface area contributed by atoms with Gasteiger partial charge < -0.3 is 15.5 Å². The van der Waals surface area contributed by atoms with Gasteiger partial charge in [-0.3, -0.25) is 9.59 Å². The molecule has 2 amide bonds. The SMILES string of the molecule is O=C(NCCN1CCC2(CC1)C(=O)NC[C@@H]2c1ccc(F)cc1)c1ccc(C2CCC2)cc1. The largest absolute Gasteiger partial charge is 0.355 e. The number of carbonyl (C=O) groups excluding carboxylic acids is 2. The molecule has 0 radical (unpaired) electrons. The zero-order valence-electron chi connectivity index (χ0n) is 19.0. The summed E-state index contributed by atoms with van der Waals surface area (Å²) in [5, 5.41) is 6.08. The predicted molar refractivity (Wildman–Crippen MR) is 126 cm³/mol. The van der Waals surface area contributed by atoms with Crippen molar-refractivity contribution in [3.8, 4) is 0 Å². The second kappa shape index (κ2) is 9.26. The lowest BCUT2D eigenvalue weighted by Gasteiger charge is -2.41. The maximum absolute atomic E-state index is 13.4. The van der Waals surface area contributed by atoms with Crippen LogP contribution in [0.3, 0.4) is 0 Å². The van der Waals surface area contributed by atoms with E-state index in [1.807, 2.05) is 24.3 Å². The van der Waals surface area contributed by atoms with E-state index in [1.165, 1.54) is 37.0 Å². The summed E-state index contributed by atoms with van der Waals surface area (Å²) < 4.78 is 13.4. The van der Waals surface area contributed by atoms with Crippen molar-refractivity contribution < 1.29 is 14.0 Å². The molecule has 3 aliphatic rings. The number of carbonyl (C=O) groups is 2. The minimum Gasteiger partial charge on any atom is -0.355 e. The monoisotopic (exact) mass is 449 g/mol. The van der Waals surface area contributed by atoms with E-state index in [-0.39, 0.29) is 23.5 Å². The number of nitrogens with one attached hydrogen (secondary N) is 2. The summed E-state index contributed by atoms with van der Waals surface area (Å²) in [6.07, 6.45) is 5.38. The van der Waals surface area contributed by atoms with Gasteiger partial charge in [0.1, 0.15) is 5.82 Å². The lowest BCUT2D eigenvalue weighted by molar-refractivity contribution is -0.130. The van der Waals surface area contributed by atoms with Gasteiger partial charge in [0.2, 0.25) is 5.91 Å². The number of halogens is 1. The van der Waals surface area contributed by atoms with E-state index in [9.17, 15) is 14.0 Å². The first-order valence-corrected chi connectivity index (χ1v) is 12.2. The van der Waals surface area contributed by atoms with E-state index in [0.717, 1.165) is 38.0 Å². The molecule has 0 bridgehead atoms. The number of rotatable bonds is 6. The molecule has 174 valence electrons. The van der Waals surface area contributed by atoms with Gasteiger partial charge in [0.25, 0.3) is 5.91 Å². The van der Waals surface area contributed by atoms with Crippen molar-refractivity contribution in [2.45, 2.75) is 43.9 Å². The number of piperidine rings is 1. The molecule has 2 aliphatic heterocycles. The van der Waals surface area contributed by atoms with Crippen LogP contribution >= 0.6 is 0 Å². The zero-order chi connectivity index (χ0) is 22.8. The molecule has 1 atom stereocenters. The van der Waals surface area contributed by atoms with Gasteiger partial charge in [-0.05, 0) is 80.1 Å². The number of amides is 2. The Bertz CT molecular complexity index is 993. The van der Waals surface area contributed by atoms with Crippen molar-refractivity contribution in [1.82, 2.24) is 15.5 Å². The number of hydrogen-bond acceptors (Lipinski definition) is 3. The van der Waals surface area contributed by atoms with Crippen LogP contribution in [-0.4, -0.2) is 49.4 Å². The predicted octanol–water partition coefficient (Wildman–Crippen LogP) is 3.82. The van der Waals surface area contributed by atoms with E-state index in [4.69, 9.17) is 0 Å². The quantitative estimate of drug-likeness (QED) is 0.705. The Kier molecular flexibility index (Phi) is 6.19. The van der Waals surface area contributed by atoms with Crippen molar-refractivity contribution in [2.24, 2.45) is 5.41 Å². The second-order valence-corrected chi connectivity index (χ2v) is 9.82. The average Bonchev–Trinajstić information content (AvgIpc) is 3.10. The van der Waals surface area contributed by atoms with E-state index in [1.54, 1.807) is 0 Å². The summed E-state index contributed by atoms with van der Waals surface area (Å²) in [4.78, 5) is 27.6. The highest BCUT2D eigenvalue weighted by atomic mass is 19.1. The molecule has 3 fully saturated rings. The summed E-state index contributed by atoms with van der Waals surface area (Å²) in [6.45, 7) is 3.60. The van der Waals surface area contributed by atoms with E-state index in [2.05, 4.69) is 27.7 Å². The molecule has 33 heavy (non-hydrogen) atoms. The lowest BCUT2D eigenvalue weighted by Crippen LogP contribution is -2.47. The van der Waals surface area contributed by atoms with Crippen LogP contribution in [0.5, 0.6) is 0 Å². The Labute approximate surface area is 194 Å². The topological polar surface area (TPSA) is 61.4 Å². The van der Waals surface area contributed by atoms with Crippen molar-refractivity contribution >= 4 is 11.8 Å². The maximum Gasteiger partial charge on any atom is 0.251 e. The Hall–Kier alpha value is -2.73. The second-order valence-electron chi connectivity index (χ2n) is 9.82. The van der Waals surface area contributed by atoms with Gasteiger partial charge in [-0.15, -0.1) is 0 Å². The molecule has 1 aliphatic carbocycles. The molecule has 1 saturated carbocycles. The highest BCUT2D eigenvalue weighted by Crippen LogP contribution is 2.47. The summed E-state index contributed by atoms with van der Waals surface area (Å²) in [7, 11) is 0. The van der Waals surface area contributed by atoms with Crippen LogP contribution in [0.4, 0.5) is 4.39 Å². The van der Waals surface area contributed by atoms with Gasteiger partial charge in [0.15, 0.2) is 0 Å². The molecule has 2 heterocycles. The van der Waals surface area contributed by atoms with Crippen LogP contribution in [0, 0.1) is 11.2 Å². The Morgan fingerprint density at radius 3 is 2.33 bits per heavy atom. The lowest BCUT2D eigenvalue weighted by atomic mass is 9.68. The summed E-state index contributed by atoms with van der Waals surface area (Å²) in [5.74, 6) is 0.589. The molecule has 1 spiro atoms. The molecule has 0 aromatic heterocycles. The number of nitrogens with zero attached hydrogens (tertiary/aromatic N) is 1. The fourth-order valence-corrected chi connectivity index (χ4v) is 5.69. The first-order valence-electron chi connectivity index (χ1n) is 12.2. The fraction of sp³-hybridized carbons (Fsp3) is 0.481. The number of likely N-dealkylation sites (tertiary alicyclic amines) is 1. The maximum atomic E-state index is 13.4. The van der Waals surface area contributed by atoms with Gasteiger partial charge in [0, 0.05) is 31.1 Å². The molecule has 0 unspecified atom stereocenters. The molecule has 2 N–H and O–H groups in total. The number of benzene rings is 2. The minimum absolute atomic E-state index is 0.0322. The summed E-state index contributed by atoms with van der Waals surface area (Å²) in [6, 6.07) is 14.6. The van der Waals surface area contributed by atoms with Gasteiger partial charge in [-0.25, -0.2) is 4.39 Å². The molecule has 2 aromatic rings. The molecule has 5 nitrogen and oxygen atoms in total. The van der Waals surface area contributed by atoms with Crippen LogP contribution in [-0.2, 0) is 4.79 Å². The third kappa shape index (κ3) is 4.41. The standard InChI is InChI=1S/C27H32FN3O2/c28-23-10-8-21(9-11-23)24-18-30-26(33)27(24)12-15-31(16-13-27)17-14-29-25(32)22-6-4-20(5-7-22)19-2-1-3-19/h4-11,19,24H,1-3,12-18H2,(H,29,32)(H,30,33)/t24-/m1/s1. The Morgan fingerprint density at radius 2 is 1.70 bits per heavy atom. The molecular formula is C27H32FN3O2. The van der Waals surface area contributed by atoms with Crippen LogP contribution in [0.2, 0.25) is 0 Å². The molecule has 6 heteroatoms. The van der Waals surface area contributed by atoms with E-state index >= 15 is 0 Å². The third-order valence-corrected chi connectivity index (χ3v) is 8.07. The van der Waals surface area contributed by atoms with Crippen molar-refractivity contribution in [1.29, 1.82) is 0 Å². The van der Waals surface area contributed by atoms with Gasteiger partial charge in [-0.2, -0.15) is 0 Å². The highest BCUT2D eigenvalue weighted by Gasteiger charge is 2.51. The summed E-state index contributed by atoms with van der Waals surface area (Å²) in [5.41, 5.74) is 2.66. The third-order valence-electron chi connectivity index (χ3n) is 8.07. The molecule has 2 aromatic carbocycles. The van der Waals surface area contributed by atoms with Crippen molar-refractivity contribution in [3.05, 3.63) is 71.0 Å². The van der Waals surface area contributed by atoms with Gasteiger partial charge >= 0.3 is 0 Å². The van der Waals surface area contributed by atoms with Gasteiger partial charge in [0.05, 0.1) is 5.41 Å². The van der Waals surface area contributed by atoms with Crippen molar-refractivity contribution in [2.75, 3.05) is 32.7 Å². The van der Waals surface area contributed by atoms with E-state index in [0.29, 0.717) is 24.6 Å². The minimum atomic E-state index is -0.417. The Morgan fingerprint density at radius 1 is 1.03 bits per heavy atom. The summed E-state index contributed by atoms with van der Waals surface area (Å²) >= 11 is 0. The first-order chi connectivity index (χ1) is 16.0. The fourth-order valence-electron chi connectivity index (χ4n) is 5.69. The van der Waals surface area contributed by atoms with Gasteiger partial charge in [-0.1, -0.05) is 30.7 Å². The van der Waals surface area contributed by atoms with Crippen LogP contribution < -0.4 is 10.6 Å². The molecule has 5 rings (SSSR count). The first kappa shape index (κ1) is 22.1. The van der Waals surface area contributed by atoms with Crippen LogP contribution in [0.1, 0.15) is 65.4 Å².